The van der Waals surface area contributed by atoms with Crippen molar-refractivity contribution in [2.45, 2.75) is 57.3 Å². The maximum atomic E-state index is 13.1. The summed E-state index contributed by atoms with van der Waals surface area (Å²) in [5, 5.41) is 0.637. The van der Waals surface area contributed by atoms with Crippen LogP contribution in [-0.4, -0.2) is 51.7 Å². The maximum Gasteiger partial charge on any atom is 0.266 e. The quantitative estimate of drug-likeness (QED) is 0.278. The molecule has 0 aliphatic carbocycles. The standard InChI is InChI=1S/C32H34N4O4/c33-36-30(37)14-13-28(32(36)39)35-20-27-26(31(35)38)7-4-8-29(27)40-21-23-11-9-22(10-12-23)19-34-17-15-25(16-18-34)24-5-2-1-3-6-24/h1-12,25,28H,13-21,33H2. The summed E-state index contributed by atoms with van der Waals surface area (Å²) in [6.07, 6.45) is 2.79. The Morgan fingerprint density at radius 2 is 1.55 bits per heavy atom. The molecular formula is C32H34N4O4. The summed E-state index contributed by atoms with van der Waals surface area (Å²) >= 11 is 0. The number of piperidine rings is 2. The number of amides is 3. The highest BCUT2D eigenvalue weighted by molar-refractivity contribution is 6.05. The number of hydrogen-bond acceptors (Lipinski definition) is 6. The van der Waals surface area contributed by atoms with Crippen LogP contribution in [0.4, 0.5) is 0 Å². The van der Waals surface area contributed by atoms with Crippen LogP contribution in [0.1, 0.15) is 64.2 Å². The molecule has 40 heavy (non-hydrogen) atoms. The Morgan fingerprint density at radius 3 is 2.30 bits per heavy atom. The minimum Gasteiger partial charge on any atom is -0.489 e. The van der Waals surface area contributed by atoms with Crippen molar-refractivity contribution in [2.24, 2.45) is 5.84 Å². The Hall–Kier alpha value is -4.01. The summed E-state index contributed by atoms with van der Waals surface area (Å²) in [6.45, 7) is 3.78. The number of benzene rings is 3. The predicted octanol–water partition coefficient (Wildman–Crippen LogP) is 3.99. The second kappa shape index (κ2) is 11.2. The molecular weight excluding hydrogens is 504 g/mol. The lowest BCUT2D eigenvalue weighted by atomic mass is 9.89. The van der Waals surface area contributed by atoms with E-state index in [1.54, 1.807) is 12.1 Å². The molecule has 1 unspecified atom stereocenters. The fraction of sp³-hybridized carbons (Fsp3) is 0.344. The van der Waals surface area contributed by atoms with E-state index in [9.17, 15) is 14.4 Å². The van der Waals surface area contributed by atoms with Crippen LogP contribution >= 0.6 is 0 Å². The molecule has 6 rings (SSSR count). The van der Waals surface area contributed by atoms with Crippen LogP contribution in [0, 0.1) is 0 Å². The fourth-order valence-corrected chi connectivity index (χ4v) is 6.10. The van der Waals surface area contributed by atoms with Crippen molar-refractivity contribution < 1.29 is 19.1 Å². The molecule has 3 aliphatic heterocycles. The second-order valence-corrected chi connectivity index (χ2v) is 10.9. The zero-order chi connectivity index (χ0) is 27.6. The average Bonchev–Trinajstić information content (AvgIpc) is 3.33. The third kappa shape index (κ3) is 5.24. The van der Waals surface area contributed by atoms with Gasteiger partial charge < -0.3 is 9.64 Å². The number of carbonyl (C=O) groups is 3. The molecule has 1 atom stereocenters. The third-order valence-electron chi connectivity index (χ3n) is 8.43. The lowest BCUT2D eigenvalue weighted by molar-refractivity contribution is -0.152. The number of carbonyl (C=O) groups excluding carboxylic acids is 3. The van der Waals surface area contributed by atoms with Crippen molar-refractivity contribution in [3.8, 4) is 5.75 Å². The number of hydrazine groups is 1. The second-order valence-electron chi connectivity index (χ2n) is 10.9. The number of likely N-dealkylation sites (tertiary alicyclic amines) is 1. The van der Waals surface area contributed by atoms with Crippen molar-refractivity contribution >= 4 is 17.7 Å². The van der Waals surface area contributed by atoms with Gasteiger partial charge in [0, 0.05) is 24.1 Å². The van der Waals surface area contributed by atoms with Gasteiger partial charge in [-0.25, -0.2) is 10.9 Å². The average molecular weight is 539 g/mol. The molecule has 3 amide bonds. The third-order valence-corrected chi connectivity index (χ3v) is 8.43. The molecule has 3 heterocycles. The highest BCUT2D eigenvalue weighted by Gasteiger charge is 2.42. The highest BCUT2D eigenvalue weighted by atomic mass is 16.5. The Balaban J connectivity index is 1.04. The van der Waals surface area contributed by atoms with Crippen LogP contribution in [-0.2, 0) is 29.3 Å². The summed E-state index contributed by atoms with van der Waals surface area (Å²) in [4.78, 5) is 41.5. The number of nitrogens with two attached hydrogens (primary N) is 1. The topological polar surface area (TPSA) is 96.2 Å². The van der Waals surface area contributed by atoms with Crippen LogP contribution in [0.3, 0.4) is 0 Å². The summed E-state index contributed by atoms with van der Waals surface area (Å²) in [5.74, 6) is 5.71. The first kappa shape index (κ1) is 26.2. The van der Waals surface area contributed by atoms with E-state index in [1.165, 1.54) is 28.9 Å². The molecule has 3 aromatic carbocycles. The largest absolute Gasteiger partial charge is 0.489 e. The number of rotatable bonds is 7. The van der Waals surface area contributed by atoms with Gasteiger partial charge in [0.05, 0.1) is 6.54 Å². The summed E-state index contributed by atoms with van der Waals surface area (Å²) in [5.41, 5.74) is 5.07. The van der Waals surface area contributed by atoms with Gasteiger partial charge in [0.2, 0.25) is 5.91 Å². The van der Waals surface area contributed by atoms with Gasteiger partial charge in [-0.2, -0.15) is 0 Å². The molecule has 0 saturated carbocycles. The van der Waals surface area contributed by atoms with Crippen LogP contribution in [0.5, 0.6) is 5.75 Å². The van der Waals surface area contributed by atoms with E-state index in [0.717, 1.165) is 30.8 Å². The molecule has 0 spiro atoms. The lowest BCUT2D eigenvalue weighted by Gasteiger charge is -2.33. The monoisotopic (exact) mass is 538 g/mol. The van der Waals surface area contributed by atoms with Crippen molar-refractivity contribution in [2.75, 3.05) is 13.1 Å². The molecule has 2 saturated heterocycles. The fourth-order valence-electron chi connectivity index (χ4n) is 6.10. The van der Waals surface area contributed by atoms with E-state index in [0.29, 0.717) is 28.8 Å². The molecule has 0 bridgehead atoms. The zero-order valence-corrected chi connectivity index (χ0v) is 22.5. The normalized spacial score (nSPS) is 20.2. The van der Waals surface area contributed by atoms with E-state index in [4.69, 9.17) is 10.6 Å². The van der Waals surface area contributed by atoms with E-state index in [-0.39, 0.29) is 25.3 Å². The van der Waals surface area contributed by atoms with Gasteiger partial charge in [-0.3, -0.25) is 19.3 Å². The summed E-state index contributed by atoms with van der Waals surface area (Å²) in [6, 6.07) is 24.0. The molecule has 2 fully saturated rings. The smallest absolute Gasteiger partial charge is 0.266 e. The molecule has 3 aromatic rings. The first-order valence-corrected chi connectivity index (χ1v) is 14.0. The van der Waals surface area contributed by atoms with Crippen molar-refractivity contribution in [3.63, 3.8) is 0 Å². The molecule has 8 nitrogen and oxygen atoms in total. The molecule has 8 heteroatoms. The Bertz CT molecular complexity index is 1400. The summed E-state index contributed by atoms with van der Waals surface area (Å²) < 4.78 is 6.16. The predicted molar refractivity (Wildman–Crippen MR) is 150 cm³/mol. The number of hydrogen-bond donors (Lipinski definition) is 1. The number of imide groups is 1. The van der Waals surface area contributed by atoms with Gasteiger partial charge in [0.1, 0.15) is 18.4 Å². The Labute approximate surface area is 234 Å². The van der Waals surface area contributed by atoms with Gasteiger partial charge in [0.15, 0.2) is 0 Å². The molecule has 0 radical (unpaired) electrons. The SMILES string of the molecule is NN1C(=O)CCC(N2Cc3c(OCc4ccc(CN5CCC(c6ccccc6)CC5)cc4)cccc3C2=O)C1=O. The molecule has 3 aliphatic rings. The van der Waals surface area contributed by atoms with E-state index in [2.05, 4.69) is 59.5 Å². The van der Waals surface area contributed by atoms with Crippen molar-refractivity contribution in [1.82, 2.24) is 14.8 Å². The number of nitrogens with zero attached hydrogens (tertiary/aromatic N) is 3. The van der Waals surface area contributed by atoms with Gasteiger partial charge in [-0.1, -0.05) is 60.7 Å². The number of fused-ring (bicyclic) bond motifs is 1. The Kier molecular flexibility index (Phi) is 7.36. The van der Waals surface area contributed by atoms with Crippen molar-refractivity contribution in [1.29, 1.82) is 0 Å². The minimum atomic E-state index is -0.743. The molecule has 2 N–H and O–H groups in total. The van der Waals surface area contributed by atoms with E-state index in [1.807, 2.05) is 6.07 Å². The minimum absolute atomic E-state index is 0.137. The maximum absolute atomic E-state index is 13.1. The first-order valence-electron chi connectivity index (χ1n) is 14.0. The van der Waals surface area contributed by atoms with Gasteiger partial charge in [-0.05, 0) is 67.1 Å². The van der Waals surface area contributed by atoms with E-state index >= 15 is 0 Å². The highest BCUT2D eigenvalue weighted by Crippen LogP contribution is 2.34. The zero-order valence-electron chi connectivity index (χ0n) is 22.5. The van der Waals surface area contributed by atoms with Crippen LogP contribution in [0.15, 0.2) is 72.8 Å². The summed E-state index contributed by atoms with van der Waals surface area (Å²) in [7, 11) is 0. The van der Waals surface area contributed by atoms with Crippen molar-refractivity contribution in [3.05, 3.63) is 101 Å². The molecule has 0 aromatic heterocycles. The van der Waals surface area contributed by atoms with Crippen LogP contribution < -0.4 is 10.6 Å². The van der Waals surface area contributed by atoms with E-state index < -0.39 is 17.9 Å². The van der Waals surface area contributed by atoms with Gasteiger partial charge in [0.25, 0.3) is 11.8 Å². The number of ether oxygens (including phenoxy) is 1. The Morgan fingerprint density at radius 1 is 0.825 bits per heavy atom. The van der Waals surface area contributed by atoms with Gasteiger partial charge >= 0.3 is 0 Å². The molecule has 206 valence electrons. The van der Waals surface area contributed by atoms with Crippen LogP contribution in [0.2, 0.25) is 0 Å². The van der Waals surface area contributed by atoms with Gasteiger partial charge in [-0.15, -0.1) is 0 Å². The van der Waals surface area contributed by atoms with Crippen LogP contribution in [0.25, 0.3) is 0 Å². The first-order chi connectivity index (χ1) is 19.5. The lowest BCUT2D eigenvalue weighted by Crippen LogP contribution is -2.57.